The zero-order chi connectivity index (χ0) is 13.7. The molecule has 0 amide bonds. The third-order valence-corrected chi connectivity index (χ3v) is 2.63. The van der Waals surface area contributed by atoms with Gasteiger partial charge >= 0.3 is 0 Å². The highest BCUT2D eigenvalue weighted by atomic mass is 16.5. The Kier molecular flexibility index (Phi) is 4.48. The molecule has 1 aromatic heterocycles. The van der Waals surface area contributed by atoms with Gasteiger partial charge in [-0.3, -0.25) is 9.78 Å². The second-order valence-corrected chi connectivity index (χ2v) is 4.13. The SMILES string of the molecule is CCOC[C@@H](O)CNc1nc2ccccc2c(=O)[nH]1. The van der Waals surface area contributed by atoms with Crippen molar-refractivity contribution in [1.29, 1.82) is 0 Å². The summed E-state index contributed by atoms with van der Waals surface area (Å²) in [7, 11) is 0. The van der Waals surface area contributed by atoms with E-state index < -0.39 is 6.10 Å². The van der Waals surface area contributed by atoms with Crippen molar-refractivity contribution in [2.45, 2.75) is 13.0 Å². The number of aromatic nitrogens is 2. The summed E-state index contributed by atoms with van der Waals surface area (Å²) in [5.41, 5.74) is 0.417. The molecule has 0 unspecified atom stereocenters. The number of aromatic amines is 1. The predicted molar refractivity (Wildman–Crippen MR) is 73.4 cm³/mol. The third-order valence-electron chi connectivity index (χ3n) is 2.63. The second-order valence-electron chi connectivity index (χ2n) is 4.13. The lowest BCUT2D eigenvalue weighted by Gasteiger charge is -2.12. The normalized spacial score (nSPS) is 12.5. The van der Waals surface area contributed by atoms with E-state index in [1.54, 1.807) is 18.2 Å². The number of aliphatic hydroxyl groups is 1. The van der Waals surface area contributed by atoms with E-state index in [-0.39, 0.29) is 18.7 Å². The third kappa shape index (κ3) is 3.52. The minimum atomic E-state index is -0.642. The highest BCUT2D eigenvalue weighted by Gasteiger charge is 2.06. The number of para-hydroxylation sites is 1. The fourth-order valence-electron chi connectivity index (χ4n) is 1.70. The van der Waals surface area contributed by atoms with Crippen LogP contribution in [0.5, 0.6) is 0 Å². The van der Waals surface area contributed by atoms with Crippen molar-refractivity contribution >= 4 is 16.9 Å². The Hall–Kier alpha value is -1.92. The van der Waals surface area contributed by atoms with Gasteiger partial charge in [0.1, 0.15) is 0 Å². The molecule has 0 aliphatic heterocycles. The first-order valence-electron chi connectivity index (χ1n) is 6.19. The van der Waals surface area contributed by atoms with Gasteiger partial charge < -0.3 is 15.2 Å². The summed E-state index contributed by atoms with van der Waals surface area (Å²) < 4.78 is 5.10. The molecule has 6 heteroatoms. The summed E-state index contributed by atoms with van der Waals surface area (Å²) in [6, 6.07) is 7.10. The molecule has 6 nitrogen and oxygen atoms in total. The molecule has 0 saturated carbocycles. The smallest absolute Gasteiger partial charge is 0.260 e. The Morgan fingerprint density at radius 2 is 2.26 bits per heavy atom. The Morgan fingerprint density at radius 1 is 1.47 bits per heavy atom. The van der Waals surface area contributed by atoms with Crippen LogP contribution in [-0.4, -0.2) is 40.9 Å². The summed E-state index contributed by atoms with van der Waals surface area (Å²) in [4.78, 5) is 18.7. The number of ether oxygens (including phenoxy) is 1. The molecular weight excluding hydrogens is 246 g/mol. The van der Waals surface area contributed by atoms with E-state index in [0.717, 1.165) is 0 Å². The van der Waals surface area contributed by atoms with E-state index in [1.807, 2.05) is 13.0 Å². The van der Waals surface area contributed by atoms with Crippen LogP contribution in [0.15, 0.2) is 29.1 Å². The summed E-state index contributed by atoms with van der Waals surface area (Å²) in [6.45, 7) is 2.94. The Morgan fingerprint density at radius 3 is 3.05 bits per heavy atom. The Labute approximate surface area is 110 Å². The summed E-state index contributed by atoms with van der Waals surface area (Å²) >= 11 is 0. The van der Waals surface area contributed by atoms with Crippen LogP contribution < -0.4 is 10.9 Å². The minimum absolute atomic E-state index is 0.201. The molecule has 0 fully saturated rings. The number of H-pyrrole nitrogens is 1. The number of aliphatic hydroxyl groups excluding tert-OH is 1. The van der Waals surface area contributed by atoms with Crippen molar-refractivity contribution in [2.75, 3.05) is 25.1 Å². The van der Waals surface area contributed by atoms with Gasteiger partial charge in [-0.25, -0.2) is 4.98 Å². The van der Waals surface area contributed by atoms with Gasteiger partial charge in [0.2, 0.25) is 5.95 Å². The number of nitrogens with one attached hydrogen (secondary N) is 2. The van der Waals surface area contributed by atoms with Crippen molar-refractivity contribution in [3.8, 4) is 0 Å². The maximum absolute atomic E-state index is 11.8. The predicted octanol–water partition coefficient (Wildman–Crippen LogP) is 0.732. The fraction of sp³-hybridized carbons (Fsp3) is 0.385. The van der Waals surface area contributed by atoms with E-state index in [4.69, 9.17) is 4.74 Å². The maximum atomic E-state index is 11.8. The summed E-state index contributed by atoms with van der Waals surface area (Å²) in [6.07, 6.45) is -0.642. The summed E-state index contributed by atoms with van der Waals surface area (Å²) in [5.74, 6) is 0.347. The lowest BCUT2D eigenvalue weighted by molar-refractivity contribution is 0.0495. The standard InChI is InChI=1S/C13H17N3O3/c1-2-19-8-9(17)7-14-13-15-11-6-4-3-5-10(11)12(18)16-13/h3-6,9,17H,2,7-8H2,1H3,(H2,14,15,16,18)/t9-/m0/s1. The van der Waals surface area contributed by atoms with Gasteiger partial charge in [-0.2, -0.15) is 0 Å². The lowest BCUT2D eigenvalue weighted by Crippen LogP contribution is -2.26. The average molecular weight is 263 g/mol. The number of benzene rings is 1. The first-order valence-corrected chi connectivity index (χ1v) is 6.19. The van der Waals surface area contributed by atoms with Gasteiger partial charge in [-0.05, 0) is 19.1 Å². The molecule has 102 valence electrons. The maximum Gasteiger partial charge on any atom is 0.260 e. The van der Waals surface area contributed by atoms with Gasteiger partial charge in [0, 0.05) is 13.2 Å². The van der Waals surface area contributed by atoms with Crippen molar-refractivity contribution in [2.24, 2.45) is 0 Å². The zero-order valence-corrected chi connectivity index (χ0v) is 10.7. The highest BCUT2D eigenvalue weighted by molar-refractivity contribution is 5.78. The highest BCUT2D eigenvalue weighted by Crippen LogP contribution is 2.07. The minimum Gasteiger partial charge on any atom is -0.389 e. The van der Waals surface area contributed by atoms with Crippen LogP contribution in [0.2, 0.25) is 0 Å². The number of nitrogens with zero attached hydrogens (tertiary/aromatic N) is 1. The van der Waals surface area contributed by atoms with E-state index in [1.165, 1.54) is 0 Å². The van der Waals surface area contributed by atoms with Crippen molar-refractivity contribution in [3.05, 3.63) is 34.6 Å². The lowest BCUT2D eigenvalue weighted by atomic mass is 10.2. The molecule has 0 spiro atoms. The molecule has 0 aliphatic rings. The number of anilines is 1. The fourth-order valence-corrected chi connectivity index (χ4v) is 1.70. The largest absolute Gasteiger partial charge is 0.389 e. The van der Waals surface area contributed by atoms with Crippen LogP contribution in [0.3, 0.4) is 0 Å². The molecule has 19 heavy (non-hydrogen) atoms. The van der Waals surface area contributed by atoms with Gasteiger partial charge in [-0.15, -0.1) is 0 Å². The van der Waals surface area contributed by atoms with E-state index in [2.05, 4.69) is 15.3 Å². The molecule has 1 atom stereocenters. The molecule has 1 aromatic carbocycles. The topological polar surface area (TPSA) is 87.2 Å². The average Bonchev–Trinajstić information content (AvgIpc) is 2.43. The number of fused-ring (bicyclic) bond motifs is 1. The zero-order valence-electron chi connectivity index (χ0n) is 10.7. The monoisotopic (exact) mass is 263 g/mol. The molecule has 3 N–H and O–H groups in total. The number of rotatable bonds is 6. The van der Waals surface area contributed by atoms with Crippen LogP contribution >= 0.6 is 0 Å². The number of hydrogen-bond donors (Lipinski definition) is 3. The Balaban J connectivity index is 2.07. The molecule has 0 bridgehead atoms. The van der Waals surface area contributed by atoms with Gasteiger partial charge in [0.05, 0.1) is 23.6 Å². The Bertz CT molecular complexity index is 597. The van der Waals surface area contributed by atoms with Crippen LogP contribution in [0.25, 0.3) is 10.9 Å². The van der Waals surface area contributed by atoms with Crippen LogP contribution in [0, 0.1) is 0 Å². The van der Waals surface area contributed by atoms with E-state index in [9.17, 15) is 9.90 Å². The number of hydrogen-bond acceptors (Lipinski definition) is 5. The van der Waals surface area contributed by atoms with Crippen molar-refractivity contribution in [1.82, 2.24) is 9.97 Å². The first-order chi connectivity index (χ1) is 9.20. The van der Waals surface area contributed by atoms with E-state index >= 15 is 0 Å². The van der Waals surface area contributed by atoms with Crippen molar-refractivity contribution < 1.29 is 9.84 Å². The van der Waals surface area contributed by atoms with Crippen LogP contribution in [0.4, 0.5) is 5.95 Å². The van der Waals surface area contributed by atoms with Crippen LogP contribution in [-0.2, 0) is 4.74 Å². The molecule has 0 aliphatic carbocycles. The molecule has 2 rings (SSSR count). The molecule has 0 radical (unpaired) electrons. The summed E-state index contributed by atoms with van der Waals surface area (Å²) in [5, 5.41) is 13.1. The molecule has 2 aromatic rings. The first kappa shape index (κ1) is 13.5. The van der Waals surface area contributed by atoms with E-state index in [0.29, 0.717) is 23.5 Å². The van der Waals surface area contributed by atoms with Gasteiger partial charge in [0.15, 0.2) is 0 Å². The van der Waals surface area contributed by atoms with Crippen molar-refractivity contribution in [3.63, 3.8) is 0 Å². The molecule has 1 heterocycles. The molecule has 0 saturated heterocycles. The van der Waals surface area contributed by atoms with Crippen LogP contribution in [0.1, 0.15) is 6.92 Å². The quantitative estimate of drug-likeness (QED) is 0.715. The van der Waals surface area contributed by atoms with Gasteiger partial charge in [0.25, 0.3) is 5.56 Å². The van der Waals surface area contributed by atoms with Gasteiger partial charge in [-0.1, -0.05) is 12.1 Å². The molecular formula is C13H17N3O3. The second kappa shape index (κ2) is 6.31.